The van der Waals surface area contributed by atoms with Gasteiger partial charge in [-0.25, -0.2) is 9.67 Å². The number of halogens is 1. The number of nitrogens with two attached hydrogens (primary N) is 1. The van der Waals surface area contributed by atoms with Crippen molar-refractivity contribution in [1.29, 1.82) is 0 Å². The first kappa shape index (κ1) is 9.60. The second kappa shape index (κ2) is 4.05. The van der Waals surface area contributed by atoms with Crippen LogP contribution in [0.5, 0.6) is 0 Å². The lowest BCUT2D eigenvalue weighted by atomic mass is 10.2. The molecule has 2 aromatic rings. The molecule has 0 amide bonds. The molecule has 2 heterocycles. The van der Waals surface area contributed by atoms with E-state index in [1.54, 1.807) is 17.1 Å². The molecule has 0 atom stereocenters. The summed E-state index contributed by atoms with van der Waals surface area (Å²) in [4.78, 5) is 4.25. The molecule has 4 nitrogen and oxygen atoms in total. The standard InChI is InChI=1S/C9H9IN4/c10-8-5-13-14(6-8)9-7(4-11)2-1-3-12-9/h1-3,5-6H,4,11H2. The van der Waals surface area contributed by atoms with Crippen LogP contribution in [-0.2, 0) is 6.54 Å². The molecule has 0 radical (unpaired) electrons. The van der Waals surface area contributed by atoms with Crippen LogP contribution in [0, 0.1) is 3.57 Å². The van der Waals surface area contributed by atoms with Crippen molar-refractivity contribution in [1.82, 2.24) is 14.8 Å². The Balaban J connectivity index is 2.50. The summed E-state index contributed by atoms with van der Waals surface area (Å²) < 4.78 is 2.82. The summed E-state index contributed by atoms with van der Waals surface area (Å²) in [7, 11) is 0. The van der Waals surface area contributed by atoms with Crippen LogP contribution in [0.3, 0.4) is 0 Å². The molecule has 2 N–H and O–H groups in total. The zero-order valence-electron chi connectivity index (χ0n) is 7.39. The van der Waals surface area contributed by atoms with E-state index in [0.717, 1.165) is 15.0 Å². The number of nitrogens with zero attached hydrogens (tertiary/aromatic N) is 3. The van der Waals surface area contributed by atoms with Gasteiger partial charge in [-0.3, -0.25) is 0 Å². The highest BCUT2D eigenvalue weighted by Crippen LogP contribution is 2.11. The van der Waals surface area contributed by atoms with Gasteiger partial charge in [0.25, 0.3) is 0 Å². The van der Waals surface area contributed by atoms with Gasteiger partial charge in [-0.2, -0.15) is 5.10 Å². The molecule has 0 fully saturated rings. The van der Waals surface area contributed by atoms with E-state index in [2.05, 4.69) is 32.7 Å². The van der Waals surface area contributed by atoms with Gasteiger partial charge in [0, 0.05) is 24.5 Å². The molecule has 72 valence electrons. The SMILES string of the molecule is NCc1cccnc1-n1cc(I)cn1. The zero-order valence-corrected chi connectivity index (χ0v) is 9.55. The van der Waals surface area contributed by atoms with Gasteiger partial charge in [0.05, 0.1) is 9.77 Å². The largest absolute Gasteiger partial charge is 0.326 e. The van der Waals surface area contributed by atoms with Gasteiger partial charge in [-0.15, -0.1) is 0 Å². The molecule has 0 spiro atoms. The highest BCUT2D eigenvalue weighted by Gasteiger charge is 2.04. The van der Waals surface area contributed by atoms with Gasteiger partial charge in [0.2, 0.25) is 0 Å². The van der Waals surface area contributed by atoms with Gasteiger partial charge in [-0.1, -0.05) is 6.07 Å². The predicted molar refractivity (Wildman–Crippen MR) is 62.0 cm³/mol. The average molecular weight is 300 g/mol. The fraction of sp³-hybridized carbons (Fsp3) is 0.111. The third-order valence-electron chi connectivity index (χ3n) is 1.86. The fourth-order valence-corrected chi connectivity index (χ4v) is 1.60. The van der Waals surface area contributed by atoms with Crippen LogP contribution in [0.15, 0.2) is 30.7 Å². The molecule has 0 aliphatic carbocycles. The van der Waals surface area contributed by atoms with E-state index in [4.69, 9.17) is 5.73 Å². The minimum Gasteiger partial charge on any atom is -0.326 e. The summed E-state index contributed by atoms with van der Waals surface area (Å²) in [6, 6.07) is 3.83. The Hall–Kier alpha value is -0.950. The van der Waals surface area contributed by atoms with E-state index in [9.17, 15) is 0 Å². The number of rotatable bonds is 2. The lowest BCUT2D eigenvalue weighted by Gasteiger charge is -2.04. The van der Waals surface area contributed by atoms with E-state index in [-0.39, 0.29) is 0 Å². The molecule has 0 unspecified atom stereocenters. The Kier molecular flexibility index (Phi) is 2.78. The van der Waals surface area contributed by atoms with Crippen LogP contribution in [-0.4, -0.2) is 14.8 Å². The molecule has 5 heteroatoms. The maximum Gasteiger partial charge on any atom is 0.157 e. The van der Waals surface area contributed by atoms with Crippen molar-refractivity contribution in [3.8, 4) is 5.82 Å². The monoisotopic (exact) mass is 300 g/mol. The highest BCUT2D eigenvalue weighted by molar-refractivity contribution is 14.1. The number of hydrogen-bond donors (Lipinski definition) is 1. The van der Waals surface area contributed by atoms with Gasteiger partial charge < -0.3 is 5.73 Å². The first-order valence-electron chi connectivity index (χ1n) is 4.16. The van der Waals surface area contributed by atoms with Gasteiger partial charge in [0.15, 0.2) is 5.82 Å². The summed E-state index contributed by atoms with van der Waals surface area (Å²) in [5.74, 6) is 0.804. The molecule has 0 aliphatic heterocycles. The van der Waals surface area contributed by atoms with Crippen molar-refractivity contribution < 1.29 is 0 Å². The molecule has 0 saturated heterocycles. The predicted octanol–water partition coefficient (Wildman–Crippen LogP) is 1.33. The molecule has 2 rings (SSSR count). The highest BCUT2D eigenvalue weighted by atomic mass is 127. The Morgan fingerprint density at radius 3 is 3.00 bits per heavy atom. The summed E-state index contributed by atoms with van der Waals surface area (Å²) in [6.45, 7) is 0.472. The molecule has 0 aliphatic rings. The smallest absolute Gasteiger partial charge is 0.157 e. The summed E-state index contributed by atoms with van der Waals surface area (Å²) in [5.41, 5.74) is 6.60. The average Bonchev–Trinajstić information content (AvgIpc) is 2.65. The van der Waals surface area contributed by atoms with Crippen molar-refractivity contribution in [2.24, 2.45) is 5.73 Å². The van der Waals surface area contributed by atoms with Crippen molar-refractivity contribution in [2.45, 2.75) is 6.54 Å². The summed E-state index contributed by atoms with van der Waals surface area (Å²) >= 11 is 2.21. The van der Waals surface area contributed by atoms with Gasteiger partial charge >= 0.3 is 0 Å². The molecule has 0 bridgehead atoms. The maximum atomic E-state index is 5.61. The van der Waals surface area contributed by atoms with E-state index in [1.165, 1.54) is 0 Å². The first-order valence-corrected chi connectivity index (χ1v) is 5.23. The van der Waals surface area contributed by atoms with E-state index in [1.807, 2.05) is 18.3 Å². The first-order chi connectivity index (χ1) is 6.81. The minimum absolute atomic E-state index is 0.472. The summed E-state index contributed by atoms with van der Waals surface area (Å²) in [5, 5.41) is 4.19. The molecular formula is C9H9IN4. The molecule has 14 heavy (non-hydrogen) atoms. The molecule has 0 saturated carbocycles. The quantitative estimate of drug-likeness (QED) is 0.851. The second-order valence-electron chi connectivity index (χ2n) is 2.79. The van der Waals surface area contributed by atoms with E-state index >= 15 is 0 Å². The summed E-state index contributed by atoms with van der Waals surface area (Å²) in [6.07, 6.45) is 5.45. The van der Waals surface area contributed by atoms with Gasteiger partial charge in [-0.05, 0) is 28.7 Å². The van der Waals surface area contributed by atoms with Crippen molar-refractivity contribution in [3.63, 3.8) is 0 Å². The number of pyridine rings is 1. The van der Waals surface area contributed by atoms with Crippen LogP contribution in [0.1, 0.15) is 5.56 Å². The number of hydrogen-bond acceptors (Lipinski definition) is 3. The van der Waals surface area contributed by atoms with Crippen LogP contribution in [0.2, 0.25) is 0 Å². The topological polar surface area (TPSA) is 56.7 Å². The molecule has 0 aromatic carbocycles. The van der Waals surface area contributed by atoms with E-state index < -0.39 is 0 Å². The van der Waals surface area contributed by atoms with Gasteiger partial charge in [0.1, 0.15) is 0 Å². The zero-order chi connectivity index (χ0) is 9.97. The Morgan fingerprint density at radius 2 is 2.36 bits per heavy atom. The molecular weight excluding hydrogens is 291 g/mol. The van der Waals surface area contributed by atoms with E-state index in [0.29, 0.717) is 6.54 Å². The third-order valence-corrected chi connectivity index (χ3v) is 2.41. The third kappa shape index (κ3) is 1.78. The van der Waals surface area contributed by atoms with Crippen LogP contribution in [0.4, 0.5) is 0 Å². The lowest BCUT2D eigenvalue weighted by Crippen LogP contribution is -2.06. The Morgan fingerprint density at radius 1 is 1.50 bits per heavy atom. The second-order valence-corrected chi connectivity index (χ2v) is 4.04. The Labute approximate surface area is 95.3 Å². The van der Waals surface area contributed by atoms with Crippen LogP contribution < -0.4 is 5.73 Å². The Bertz CT molecular complexity index is 438. The maximum absolute atomic E-state index is 5.61. The van der Waals surface area contributed by atoms with Crippen molar-refractivity contribution in [2.75, 3.05) is 0 Å². The fourth-order valence-electron chi connectivity index (χ4n) is 1.21. The minimum atomic E-state index is 0.472. The van der Waals surface area contributed by atoms with Crippen LogP contribution in [0.25, 0.3) is 5.82 Å². The van der Waals surface area contributed by atoms with Crippen molar-refractivity contribution in [3.05, 3.63) is 39.9 Å². The number of aromatic nitrogens is 3. The molecule has 2 aromatic heterocycles. The normalized spacial score (nSPS) is 10.4. The van der Waals surface area contributed by atoms with Crippen molar-refractivity contribution >= 4 is 22.6 Å². The lowest BCUT2D eigenvalue weighted by molar-refractivity contribution is 0.824. The van der Waals surface area contributed by atoms with Crippen LogP contribution >= 0.6 is 22.6 Å².